The Labute approximate surface area is 118 Å². The fraction of sp³-hybridized carbons (Fsp3) is 0.571. The van der Waals surface area contributed by atoms with E-state index in [2.05, 4.69) is 0 Å². The van der Waals surface area contributed by atoms with Gasteiger partial charge in [-0.3, -0.25) is 0 Å². The van der Waals surface area contributed by atoms with Crippen LogP contribution >= 0.6 is 0 Å². The van der Waals surface area contributed by atoms with Crippen molar-refractivity contribution in [2.24, 2.45) is 5.92 Å². The Bertz CT molecular complexity index is 511. The molecule has 2 unspecified atom stereocenters. The van der Waals surface area contributed by atoms with Crippen molar-refractivity contribution in [2.75, 3.05) is 13.6 Å². The van der Waals surface area contributed by atoms with Crippen LogP contribution in [0.3, 0.4) is 0 Å². The van der Waals surface area contributed by atoms with Gasteiger partial charge in [-0.25, -0.2) is 9.59 Å². The molecule has 2 amide bonds. The molecule has 1 N–H and O–H groups in total. The molecule has 1 saturated heterocycles. The van der Waals surface area contributed by atoms with Crippen molar-refractivity contribution in [3.63, 3.8) is 0 Å². The zero-order valence-corrected chi connectivity index (χ0v) is 12.0. The normalized spacial score (nSPS) is 22.1. The molecule has 1 aliphatic heterocycles. The lowest BCUT2D eigenvalue weighted by molar-refractivity contribution is -0.142. The highest BCUT2D eigenvalue weighted by Crippen LogP contribution is 2.25. The van der Waals surface area contributed by atoms with Crippen LogP contribution in [0.15, 0.2) is 16.7 Å². The number of nitrogens with zero attached hydrogens (tertiary/aromatic N) is 2. The van der Waals surface area contributed by atoms with Crippen molar-refractivity contribution in [1.82, 2.24) is 9.80 Å². The fourth-order valence-electron chi connectivity index (χ4n) is 2.66. The van der Waals surface area contributed by atoms with Gasteiger partial charge in [-0.15, -0.1) is 0 Å². The molecule has 0 bridgehead atoms. The monoisotopic (exact) mass is 280 g/mol. The predicted octanol–water partition coefficient (Wildman–Crippen LogP) is 1.93. The van der Waals surface area contributed by atoms with Crippen molar-refractivity contribution in [3.05, 3.63) is 23.7 Å². The number of rotatable bonds is 3. The van der Waals surface area contributed by atoms with E-state index in [0.717, 1.165) is 17.7 Å². The molecule has 1 aromatic rings. The van der Waals surface area contributed by atoms with Crippen molar-refractivity contribution in [3.8, 4) is 0 Å². The largest absolute Gasteiger partial charge is 0.480 e. The van der Waals surface area contributed by atoms with Gasteiger partial charge in [-0.1, -0.05) is 6.92 Å². The number of carboxylic acids is 1. The molecule has 0 spiro atoms. The number of carbonyl (C=O) groups is 2. The molecule has 0 aromatic carbocycles. The van der Waals surface area contributed by atoms with Crippen molar-refractivity contribution in [1.29, 1.82) is 0 Å². The minimum atomic E-state index is -0.934. The van der Waals surface area contributed by atoms with Gasteiger partial charge in [0.25, 0.3) is 0 Å². The second-order valence-electron chi connectivity index (χ2n) is 5.38. The van der Waals surface area contributed by atoms with Crippen LogP contribution in [-0.2, 0) is 11.3 Å². The Morgan fingerprint density at radius 2 is 2.25 bits per heavy atom. The molecular formula is C14H20N2O4. The van der Waals surface area contributed by atoms with Crippen LogP contribution in [0.2, 0.25) is 0 Å². The summed E-state index contributed by atoms with van der Waals surface area (Å²) >= 11 is 0. The number of hydrogen-bond donors (Lipinski definition) is 1. The Hall–Kier alpha value is -1.98. The van der Waals surface area contributed by atoms with E-state index >= 15 is 0 Å². The van der Waals surface area contributed by atoms with Crippen LogP contribution in [-0.4, -0.2) is 46.5 Å². The van der Waals surface area contributed by atoms with Crippen molar-refractivity contribution in [2.45, 2.75) is 32.9 Å². The number of likely N-dealkylation sites (tertiary alicyclic amines) is 1. The summed E-state index contributed by atoms with van der Waals surface area (Å²) in [5.74, 6) is -0.175. The summed E-state index contributed by atoms with van der Waals surface area (Å²) in [6, 6.07) is 0.846. The molecule has 0 saturated carbocycles. The van der Waals surface area contributed by atoms with Gasteiger partial charge in [0.1, 0.15) is 11.8 Å². The predicted molar refractivity (Wildman–Crippen MR) is 72.2 cm³/mol. The van der Waals surface area contributed by atoms with Crippen LogP contribution in [0.4, 0.5) is 4.79 Å². The molecule has 1 fully saturated rings. The smallest absolute Gasteiger partial charge is 0.326 e. The molecule has 0 aliphatic carbocycles. The summed E-state index contributed by atoms with van der Waals surface area (Å²) in [5, 5.41) is 9.26. The van der Waals surface area contributed by atoms with E-state index in [1.807, 2.05) is 19.9 Å². The molecule has 1 aromatic heterocycles. The number of hydrogen-bond acceptors (Lipinski definition) is 3. The average Bonchev–Trinajstić information content (AvgIpc) is 2.95. The first-order valence-electron chi connectivity index (χ1n) is 6.69. The summed E-state index contributed by atoms with van der Waals surface area (Å²) in [7, 11) is 1.68. The van der Waals surface area contributed by atoms with Crippen molar-refractivity contribution < 1.29 is 19.1 Å². The molecule has 6 heteroatoms. The quantitative estimate of drug-likeness (QED) is 0.918. The van der Waals surface area contributed by atoms with Gasteiger partial charge in [-0.05, 0) is 25.3 Å². The molecular weight excluding hydrogens is 260 g/mol. The SMILES string of the molecule is Cc1occc1CN(C)C(=O)N1CCC(C)C1C(=O)O. The van der Waals surface area contributed by atoms with E-state index < -0.39 is 12.0 Å². The van der Waals surface area contributed by atoms with Crippen LogP contribution < -0.4 is 0 Å². The number of urea groups is 1. The van der Waals surface area contributed by atoms with E-state index in [4.69, 9.17) is 4.42 Å². The van der Waals surface area contributed by atoms with E-state index in [-0.39, 0.29) is 11.9 Å². The fourth-order valence-corrected chi connectivity index (χ4v) is 2.66. The Balaban J connectivity index is 2.07. The average molecular weight is 280 g/mol. The standard InChI is InChI=1S/C14H20N2O4/c1-9-4-6-16(12(9)13(17)18)14(19)15(3)8-11-5-7-20-10(11)2/h5,7,9,12H,4,6,8H2,1-3H3,(H,17,18). The van der Waals surface area contributed by atoms with Crippen LogP contribution in [0.25, 0.3) is 0 Å². The van der Waals surface area contributed by atoms with Gasteiger partial charge < -0.3 is 19.3 Å². The maximum Gasteiger partial charge on any atom is 0.326 e. The van der Waals surface area contributed by atoms with Gasteiger partial charge in [0.15, 0.2) is 0 Å². The van der Waals surface area contributed by atoms with Crippen LogP contribution in [0.5, 0.6) is 0 Å². The third kappa shape index (κ3) is 2.64. The first-order chi connectivity index (χ1) is 9.41. The molecule has 0 radical (unpaired) electrons. The lowest BCUT2D eigenvalue weighted by atomic mass is 10.0. The molecule has 2 heterocycles. The summed E-state index contributed by atoms with van der Waals surface area (Å²) in [5.41, 5.74) is 0.931. The third-order valence-electron chi connectivity index (χ3n) is 3.90. The van der Waals surface area contributed by atoms with E-state index in [9.17, 15) is 14.7 Å². The Morgan fingerprint density at radius 1 is 1.55 bits per heavy atom. The van der Waals surface area contributed by atoms with E-state index in [0.29, 0.717) is 13.1 Å². The van der Waals surface area contributed by atoms with E-state index in [1.165, 1.54) is 9.80 Å². The lowest BCUT2D eigenvalue weighted by Gasteiger charge is -2.28. The highest BCUT2D eigenvalue weighted by molar-refractivity contribution is 5.83. The zero-order chi connectivity index (χ0) is 14.9. The highest BCUT2D eigenvalue weighted by Gasteiger charge is 2.40. The minimum absolute atomic E-state index is 0.0134. The van der Waals surface area contributed by atoms with Gasteiger partial charge >= 0.3 is 12.0 Å². The maximum atomic E-state index is 12.4. The highest BCUT2D eigenvalue weighted by atomic mass is 16.4. The number of amides is 2. The summed E-state index contributed by atoms with van der Waals surface area (Å²) in [6.07, 6.45) is 2.31. The van der Waals surface area contributed by atoms with Crippen molar-refractivity contribution >= 4 is 12.0 Å². The number of aryl methyl sites for hydroxylation is 1. The summed E-state index contributed by atoms with van der Waals surface area (Å²) in [6.45, 7) is 4.61. The van der Waals surface area contributed by atoms with Gasteiger partial charge in [0, 0.05) is 19.2 Å². The molecule has 1 aliphatic rings. The number of carbonyl (C=O) groups excluding carboxylic acids is 1. The zero-order valence-electron chi connectivity index (χ0n) is 12.0. The Kier molecular flexibility index (Phi) is 4.01. The summed E-state index contributed by atoms with van der Waals surface area (Å²) < 4.78 is 5.20. The second-order valence-corrected chi connectivity index (χ2v) is 5.38. The first-order valence-corrected chi connectivity index (χ1v) is 6.69. The lowest BCUT2D eigenvalue weighted by Crippen LogP contribution is -2.47. The van der Waals surface area contributed by atoms with Gasteiger partial charge in [0.2, 0.25) is 0 Å². The Morgan fingerprint density at radius 3 is 2.80 bits per heavy atom. The first kappa shape index (κ1) is 14.4. The molecule has 20 heavy (non-hydrogen) atoms. The second kappa shape index (κ2) is 5.56. The van der Waals surface area contributed by atoms with Gasteiger partial charge in [0.05, 0.1) is 12.8 Å². The topological polar surface area (TPSA) is 74.0 Å². The molecule has 6 nitrogen and oxygen atoms in total. The molecule has 2 atom stereocenters. The van der Waals surface area contributed by atoms with Crippen LogP contribution in [0.1, 0.15) is 24.7 Å². The van der Waals surface area contributed by atoms with Crippen LogP contribution in [0, 0.1) is 12.8 Å². The van der Waals surface area contributed by atoms with Gasteiger partial charge in [-0.2, -0.15) is 0 Å². The maximum absolute atomic E-state index is 12.4. The number of furan rings is 1. The number of aliphatic carboxylic acids is 1. The number of carboxylic acid groups (broad SMARTS) is 1. The summed E-state index contributed by atoms with van der Waals surface area (Å²) in [4.78, 5) is 26.7. The van der Waals surface area contributed by atoms with E-state index in [1.54, 1.807) is 13.3 Å². The minimum Gasteiger partial charge on any atom is -0.480 e. The molecule has 110 valence electrons. The molecule has 2 rings (SSSR count). The third-order valence-corrected chi connectivity index (χ3v) is 3.90.